The Morgan fingerprint density at radius 1 is 1.00 bits per heavy atom. The Labute approximate surface area is 53.6 Å². The van der Waals surface area contributed by atoms with Gasteiger partial charge < -0.3 is 0 Å². The fourth-order valence-corrected chi connectivity index (χ4v) is 0. The van der Waals surface area contributed by atoms with E-state index in [1.54, 1.807) is 10.3 Å². The minimum absolute atomic E-state index is 0. The fourth-order valence-electron chi connectivity index (χ4n) is 0. The van der Waals surface area contributed by atoms with E-state index in [4.69, 9.17) is 10.8 Å². The zero-order valence-corrected chi connectivity index (χ0v) is 4.45. The Morgan fingerprint density at radius 3 is 1.00 bits per heavy atom. The standard InChI is InChI=1S/2CHNS.CH4/c2*2-1-3;/h2*2H;1H4. The van der Waals surface area contributed by atoms with Gasteiger partial charge in [0.25, 0.3) is 0 Å². The molecule has 0 aromatic carbocycles. The van der Waals surface area contributed by atoms with Crippen molar-refractivity contribution in [2.45, 2.75) is 7.43 Å². The number of rotatable bonds is 0. The molecule has 4 heteroatoms. The lowest BCUT2D eigenvalue weighted by Crippen LogP contribution is -1.03. The van der Waals surface area contributed by atoms with Crippen LogP contribution in [0.5, 0.6) is 0 Å². The van der Waals surface area contributed by atoms with Crippen molar-refractivity contribution >= 4 is 34.8 Å². The molecule has 0 aliphatic carbocycles. The van der Waals surface area contributed by atoms with Crippen LogP contribution in [0.4, 0.5) is 0 Å². The van der Waals surface area contributed by atoms with Crippen molar-refractivity contribution in [2.24, 2.45) is 0 Å². The molecule has 0 atom stereocenters. The zero-order valence-electron chi connectivity index (χ0n) is 2.82. The molecular weight excluding hydrogens is 128 g/mol. The van der Waals surface area contributed by atoms with Crippen LogP contribution < -0.4 is 0 Å². The van der Waals surface area contributed by atoms with Gasteiger partial charge in [0.1, 0.15) is 0 Å². The van der Waals surface area contributed by atoms with E-state index < -0.39 is 0 Å². The molecule has 40 valence electrons. The Balaban J connectivity index is -0.0000000400. The van der Waals surface area contributed by atoms with E-state index in [0.29, 0.717) is 0 Å². The van der Waals surface area contributed by atoms with E-state index in [1.807, 2.05) is 0 Å². The maximum Gasteiger partial charge on any atom is 0.0554 e. The molecule has 0 saturated heterocycles. The highest BCUT2D eigenvalue weighted by Crippen LogP contribution is 1.16. The van der Waals surface area contributed by atoms with Gasteiger partial charge in [0.15, 0.2) is 0 Å². The average molecular weight is 134 g/mol. The summed E-state index contributed by atoms with van der Waals surface area (Å²) in [5.41, 5.74) is 0. The third-order valence-corrected chi connectivity index (χ3v) is 0. The van der Waals surface area contributed by atoms with Gasteiger partial charge in [-0.2, -0.15) is 0 Å². The molecule has 0 aromatic heterocycles. The molecule has 0 amide bonds. The number of thiocarbonyl (C=S) groups is 2. The molecule has 2 nitrogen and oxygen atoms in total. The summed E-state index contributed by atoms with van der Waals surface area (Å²) in [7, 11) is 0. The molecule has 2 N–H and O–H groups in total. The van der Waals surface area contributed by atoms with Crippen LogP contribution >= 0.6 is 24.4 Å². The summed E-state index contributed by atoms with van der Waals surface area (Å²) in [6, 6.07) is 0. The molecule has 0 bridgehead atoms. The smallest absolute Gasteiger partial charge is 0.0554 e. The third kappa shape index (κ3) is 454. The molecule has 0 aliphatic heterocycles. The third-order valence-electron chi connectivity index (χ3n) is 0. The van der Waals surface area contributed by atoms with Gasteiger partial charge in [0.05, 0.1) is 10.3 Å². The lowest BCUT2D eigenvalue weighted by atomic mass is 11.8. The Hall–Kier alpha value is -0.400. The van der Waals surface area contributed by atoms with Crippen molar-refractivity contribution in [1.29, 1.82) is 10.8 Å². The highest BCUT2D eigenvalue weighted by molar-refractivity contribution is 7.78. The number of hydrogen-bond acceptors (Lipinski definition) is 4. The van der Waals surface area contributed by atoms with Gasteiger partial charge in [0.2, 0.25) is 0 Å². The second-order valence-electron chi connectivity index (χ2n) is 0.204. The van der Waals surface area contributed by atoms with Gasteiger partial charge in [-0.05, 0) is 24.4 Å². The van der Waals surface area contributed by atoms with Crippen LogP contribution in [0.15, 0.2) is 0 Å². The highest BCUT2D eigenvalue weighted by atomic mass is 32.1. The van der Waals surface area contributed by atoms with Gasteiger partial charge >= 0.3 is 0 Å². The Kier molecular flexibility index (Phi) is 106. The molecule has 0 heterocycles. The summed E-state index contributed by atoms with van der Waals surface area (Å²) in [5.74, 6) is 0. The molecule has 0 fully saturated rings. The first-order chi connectivity index (χ1) is 2.83. The van der Waals surface area contributed by atoms with Crippen molar-refractivity contribution in [2.75, 3.05) is 0 Å². The van der Waals surface area contributed by atoms with Crippen LogP contribution in [0.2, 0.25) is 0 Å². The van der Waals surface area contributed by atoms with E-state index in [0.717, 1.165) is 0 Å². The van der Waals surface area contributed by atoms with Gasteiger partial charge in [0, 0.05) is 0 Å². The molecule has 0 saturated carbocycles. The molecular formula is C3H6N2S2. The first kappa shape index (κ1) is 16.0. The van der Waals surface area contributed by atoms with E-state index in [-0.39, 0.29) is 7.43 Å². The van der Waals surface area contributed by atoms with Crippen molar-refractivity contribution in [1.82, 2.24) is 0 Å². The van der Waals surface area contributed by atoms with Crippen LogP contribution in [-0.4, -0.2) is 10.3 Å². The van der Waals surface area contributed by atoms with Crippen LogP contribution in [0.25, 0.3) is 0 Å². The van der Waals surface area contributed by atoms with Gasteiger partial charge in [-0.15, -0.1) is 0 Å². The van der Waals surface area contributed by atoms with Crippen LogP contribution in [0.1, 0.15) is 7.43 Å². The van der Waals surface area contributed by atoms with E-state index in [1.165, 1.54) is 0 Å². The molecule has 0 spiro atoms. The summed E-state index contributed by atoms with van der Waals surface area (Å²) in [5, 5.41) is 14.7. The number of nitrogens with one attached hydrogen (secondary N) is 2. The summed E-state index contributed by atoms with van der Waals surface area (Å²) in [4.78, 5) is 0. The number of isothiocyanates is 2. The Bertz CT molecular complexity index is 64.9. The van der Waals surface area contributed by atoms with E-state index >= 15 is 0 Å². The van der Waals surface area contributed by atoms with Crippen molar-refractivity contribution in [3.05, 3.63) is 0 Å². The SMILES string of the molecule is C.N=C=S.N=C=S. The Morgan fingerprint density at radius 2 is 1.00 bits per heavy atom. The highest BCUT2D eigenvalue weighted by Gasteiger charge is 0.978. The zero-order chi connectivity index (χ0) is 5.41. The minimum Gasteiger partial charge on any atom is -0.248 e. The molecule has 0 aliphatic rings. The van der Waals surface area contributed by atoms with Gasteiger partial charge in [-0.3, -0.25) is 0 Å². The number of hydrogen-bond donors (Lipinski definition) is 2. The second kappa shape index (κ2) is 46.3. The summed E-state index contributed by atoms with van der Waals surface area (Å²) in [6.45, 7) is 0. The molecule has 0 unspecified atom stereocenters. The molecule has 0 rings (SSSR count). The molecule has 0 aromatic rings. The lowest BCUT2D eigenvalue weighted by molar-refractivity contribution is 1.61. The average Bonchev–Trinajstić information content (AvgIpc) is 1.39. The molecule has 0 radical (unpaired) electrons. The fraction of sp³-hybridized carbons (Fsp3) is 0.333. The van der Waals surface area contributed by atoms with Crippen molar-refractivity contribution < 1.29 is 0 Å². The van der Waals surface area contributed by atoms with Crippen molar-refractivity contribution in [3.8, 4) is 0 Å². The maximum atomic E-state index is 5.77. The van der Waals surface area contributed by atoms with Gasteiger partial charge in [-0.25, -0.2) is 10.8 Å². The normalized spacial score (nSPS) is 2.29. The van der Waals surface area contributed by atoms with Crippen LogP contribution in [0, 0.1) is 10.8 Å². The van der Waals surface area contributed by atoms with E-state index in [2.05, 4.69) is 24.4 Å². The first-order valence-electron chi connectivity index (χ1n) is 0.908. The minimum atomic E-state index is 0. The predicted octanol–water partition coefficient (Wildman–Crippen LogP) is 1.97. The van der Waals surface area contributed by atoms with E-state index in [9.17, 15) is 0 Å². The molecule has 7 heavy (non-hydrogen) atoms. The predicted molar refractivity (Wildman–Crippen MR) is 37.4 cm³/mol. The largest absolute Gasteiger partial charge is 0.248 e. The van der Waals surface area contributed by atoms with Gasteiger partial charge in [-0.1, -0.05) is 7.43 Å². The summed E-state index contributed by atoms with van der Waals surface area (Å²) >= 11 is 7.62. The summed E-state index contributed by atoms with van der Waals surface area (Å²) in [6.07, 6.45) is 0. The quantitative estimate of drug-likeness (QED) is 0.393. The van der Waals surface area contributed by atoms with Crippen molar-refractivity contribution in [3.63, 3.8) is 0 Å². The first-order valence-corrected chi connectivity index (χ1v) is 1.72. The van der Waals surface area contributed by atoms with Crippen LogP contribution in [0.3, 0.4) is 0 Å². The second-order valence-corrected chi connectivity index (χ2v) is 0.612. The topological polar surface area (TPSA) is 47.7 Å². The lowest BCUT2D eigenvalue weighted by Gasteiger charge is -1.05. The monoisotopic (exact) mass is 134 g/mol. The maximum absolute atomic E-state index is 5.77. The summed E-state index contributed by atoms with van der Waals surface area (Å²) < 4.78 is 0. The van der Waals surface area contributed by atoms with Crippen LogP contribution in [-0.2, 0) is 0 Å².